The standard InChI is InChI=1S/C14H11Cl2N5OS/c1-7(13(22)21-10-3-2-8(15)4-9(10)16)23-14-11-12(18-5-17-11)19-6-20-14/h2-7H,1H3,(H,21,22)(H,17,18,19,20). The van der Waals surface area contributed by atoms with Crippen LogP contribution in [0.3, 0.4) is 0 Å². The number of hydrogen-bond acceptors (Lipinski definition) is 5. The van der Waals surface area contributed by atoms with Gasteiger partial charge in [0.25, 0.3) is 0 Å². The van der Waals surface area contributed by atoms with E-state index in [9.17, 15) is 4.79 Å². The van der Waals surface area contributed by atoms with Crippen LogP contribution in [-0.2, 0) is 4.79 Å². The van der Waals surface area contributed by atoms with Crippen molar-refractivity contribution in [2.75, 3.05) is 5.32 Å². The molecule has 2 aromatic heterocycles. The predicted molar refractivity (Wildman–Crippen MR) is 92.1 cm³/mol. The minimum absolute atomic E-state index is 0.189. The predicted octanol–water partition coefficient (Wildman–Crippen LogP) is 3.78. The minimum Gasteiger partial charge on any atom is -0.341 e. The molecule has 0 aliphatic carbocycles. The molecule has 0 fully saturated rings. The summed E-state index contributed by atoms with van der Waals surface area (Å²) in [6, 6.07) is 4.91. The van der Waals surface area contributed by atoms with E-state index in [0.29, 0.717) is 31.9 Å². The molecular formula is C14H11Cl2N5OS. The third-order valence-corrected chi connectivity index (χ3v) is 4.68. The van der Waals surface area contributed by atoms with E-state index in [1.807, 2.05) is 0 Å². The lowest BCUT2D eigenvalue weighted by Crippen LogP contribution is -2.22. The Bertz CT molecular complexity index is 869. The maximum absolute atomic E-state index is 12.3. The van der Waals surface area contributed by atoms with Crippen molar-refractivity contribution in [3.8, 4) is 0 Å². The van der Waals surface area contributed by atoms with E-state index >= 15 is 0 Å². The number of halogens is 2. The van der Waals surface area contributed by atoms with Crippen LogP contribution in [0.25, 0.3) is 11.2 Å². The van der Waals surface area contributed by atoms with Gasteiger partial charge in [-0.25, -0.2) is 15.0 Å². The molecule has 3 rings (SSSR count). The number of fused-ring (bicyclic) bond motifs is 1. The third kappa shape index (κ3) is 3.57. The molecule has 1 amide bonds. The Kier molecular flexibility index (Phi) is 4.70. The number of carbonyl (C=O) groups is 1. The molecule has 0 bridgehead atoms. The number of carbonyl (C=O) groups excluding carboxylic acids is 1. The van der Waals surface area contributed by atoms with Crippen LogP contribution in [0.5, 0.6) is 0 Å². The average molecular weight is 368 g/mol. The smallest absolute Gasteiger partial charge is 0.237 e. The molecule has 3 aromatic rings. The average Bonchev–Trinajstić information content (AvgIpc) is 2.99. The summed E-state index contributed by atoms with van der Waals surface area (Å²) in [6.45, 7) is 1.79. The first-order valence-corrected chi connectivity index (χ1v) is 8.25. The number of imidazole rings is 1. The molecule has 0 aliphatic rings. The molecule has 0 saturated heterocycles. The van der Waals surface area contributed by atoms with Gasteiger partial charge in [-0.1, -0.05) is 35.0 Å². The molecule has 6 nitrogen and oxygen atoms in total. The lowest BCUT2D eigenvalue weighted by molar-refractivity contribution is -0.115. The topological polar surface area (TPSA) is 83.6 Å². The van der Waals surface area contributed by atoms with Gasteiger partial charge >= 0.3 is 0 Å². The van der Waals surface area contributed by atoms with E-state index < -0.39 is 0 Å². The fraction of sp³-hybridized carbons (Fsp3) is 0.143. The van der Waals surface area contributed by atoms with Gasteiger partial charge in [-0.2, -0.15) is 0 Å². The van der Waals surface area contributed by atoms with Crippen LogP contribution in [0.15, 0.2) is 35.9 Å². The summed E-state index contributed by atoms with van der Waals surface area (Å²) in [5.41, 5.74) is 1.79. The molecular weight excluding hydrogens is 357 g/mol. The molecule has 118 valence electrons. The minimum atomic E-state index is -0.386. The van der Waals surface area contributed by atoms with Gasteiger partial charge in [0.05, 0.1) is 22.3 Å². The van der Waals surface area contributed by atoms with Crippen LogP contribution < -0.4 is 5.32 Å². The van der Waals surface area contributed by atoms with E-state index in [1.165, 1.54) is 18.1 Å². The summed E-state index contributed by atoms with van der Waals surface area (Å²) in [7, 11) is 0. The van der Waals surface area contributed by atoms with E-state index in [1.54, 1.807) is 31.5 Å². The number of H-pyrrole nitrogens is 1. The van der Waals surface area contributed by atoms with Crippen LogP contribution in [0.2, 0.25) is 10.0 Å². The summed E-state index contributed by atoms with van der Waals surface area (Å²) in [5.74, 6) is -0.189. The summed E-state index contributed by atoms with van der Waals surface area (Å²) in [5, 5.41) is 3.96. The number of aromatic amines is 1. The molecule has 9 heteroatoms. The second-order valence-electron chi connectivity index (χ2n) is 4.65. The van der Waals surface area contributed by atoms with Crippen LogP contribution >= 0.6 is 35.0 Å². The second-order valence-corrected chi connectivity index (χ2v) is 6.83. The van der Waals surface area contributed by atoms with Crippen molar-refractivity contribution in [3.05, 3.63) is 40.9 Å². The van der Waals surface area contributed by atoms with Gasteiger partial charge < -0.3 is 10.3 Å². The number of nitrogens with zero attached hydrogens (tertiary/aromatic N) is 3. The van der Waals surface area contributed by atoms with E-state index in [2.05, 4.69) is 25.3 Å². The molecule has 0 aliphatic heterocycles. The highest BCUT2D eigenvalue weighted by molar-refractivity contribution is 8.00. The quantitative estimate of drug-likeness (QED) is 0.541. The summed E-state index contributed by atoms with van der Waals surface area (Å²) in [4.78, 5) is 27.6. The van der Waals surface area contributed by atoms with Crippen molar-refractivity contribution < 1.29 is 4.79 Å². The highest BCUT2D eigenvalue weighted by atomic mass is 35.5. The highest BCUT2D eigenvalue weighted by Gasteiger charge is 2.18. The first kappa shape index (κ1) is 16.0. The van der Waals surface area contributed by atoms with Gasteiger partial charge in [0.2, 0.25) is 5.91 Å². The van der Waals surface area contributed by atoms with Gasteiger partial charge in [-0.05, 0) is 25.1 Å². The van der Waals surface area contributed by atoms with E-state index in [0.717, 1.165) is 0 Å². The largest absolute Gasteiger partial charge is 0.341 e. The Morgan fingerprint density at radius 3 is 2.91 bits per heavy atom. The van der Waals surface area contributed by atoms with Crippen molar-refractivity contribution in [3.63, 3.8) is 0 Å². The van der Waals surface area contributed by atoms with Gasteiger partial charge in [0.15, 0.2) is 5.65 Å². The number of amides is 1. The van der Waals surface area contributed by atoms with Crippen molar-refractivity contribution in [2.45, 2.75) is 17.2 Å². The molecule has 0 spiro atoms. The molecule has 1 aromatic carbocycles. The summed E-state index contributed by atoms with van der Waals surface area (Å²) < 4.78 is 0. The van der Waals surface area contributed by atoms with Gasteiger partial charge in [-0.3, -0.25) is 4.79 Å². The number of thioether (sulfide) groups is 1. The molecule has 1 unspecified atom stereocenters. The zero-order chi connectivity index (χ0) is 16.4. The Labute approximate surface area is 146 Å². The van der Waals surface area contributed by atoms with Gasteiger partial charge in [0.1, 0.15) is 16.9 Å². The molecule has 0 radical (unpaired) electrons. The van der Waals surface area contributed by atoms with Gasteiger partial charge in [0, 0.05) is 5.02 Å². The maximum Gasteiger partial charge on any atom is 0.237 e. The first-order chi connectivity index (χ1) is 11.0. The zero-order valence-electron chi connectivity index (χ0n) is 11.9. The lowest BCUT2D eigenvalue weighted by Gasteiger charge is -2.12. The Hall–Kier alpha value is -1.83. The fourth-order valence-electron chi connectivity index (χ4n) is 1.88. The van der Waals surface area contributed by atoms with Gasteiger partial charge in [-0.15, -0.1) is 0 Å². The number of nitrogens with one attached hydrogen (secondary N) is 2. The lowest BCUT2D eigenvalue weighted by atomic mass is 10.3. The number of aromatic nitrogens is 4. The van der Waals surface area contributed by atoms with Crippen LogP contribution in [-0.4, -0.2) is 31.1 Å². The highest BCUT2D eigenvalue weighted by Crippen LogP contribution is 2.29. The van der Waals surface area contributed by atoms with Crippen LogP contribution in [0, 0.1) is 0 Å². The zero-order valence-corrected chi connectivity index (χ0v) is 14.2. The van der Waals surface area contributed by atoms with E-state index in [4.69, 9.17) is 23.2 Å². The van der Waals surface area contributed by atoms with Crippen molar-refractivity contribution in [2.24, 2.45) is 0 Å². The summed E-state index contributed by atoms with van der Waals surface area (Å²) in [6.07, 6.45) is 2.97. The molecule has 0 saturated carbocycles. The number of anilines is 1. The van der Waals surface area contributed by atoms with Crippen molar-refractivity contribution in [1.29, 1.82) is 0 Å². The maximum atomic E-state index is 12.3. The molecule has 2 N–H and O–H groups in total. The molecule has 1 atom stereocenters. The SMILES string of the molecule is CC(Sc1ncnc2nc[nH]c12)C(=O)Nc1ccc(Cl)cc1Cl. The number of rotatable bonds is 4. The van der Waals surface area contributed by atoms with Crippen LogP contribution in [0.4, 0.5) is 5.69 Å². The number of benzene rings is 1. The number of hydrogen-bond donors (Lipinski definition) is 2. The van der Waals surface area contributed by atoms with E-state index in [-0.39, 0.29) is 11.2 Å². The second kappa shape index (κ2) is 6.74. The Morgan fingerprint density at radius 2 is 2.13 bits per heavy atom. The summed E-state index contributed by atoms with van der Waals surface area (Å²) >= 11 is 13.2. The normalized spacial score (nSPS) is 12.3. The Morgan fingerprint density at radius 1 is 1.30 bits per heavy atom. The first-order valence-electron chi connectivity index (χ1n) is 6.61. The van der Waals surface area contributed by atoms with Crippen molar-refractivity contribution >= 4 is 57.7 Å². The fourth-order valence-corrected chi connectivity index (χ4v) is 3.21. The third-order valence-electron chi connectivity index (χ3n) is 3.03. The molecule has 2 heterocycles. The Balaban J connectivity index is 1.74. The monoisotopic (exact) mass is 367 g/mol. The molecule has 23 heavy (non-hydrogen) atoms. The van der Waals surface area contributed by atoms with Crippen LogP contribution in [0.1, 0.15) is 6.92 Å². The van der Waals surface area contributed by atoms with Crippen molar-refractivity contribution in [1.82, 2.24) is 19.9 Å².